The summed E-state index contributed by atoms with van der Waals surface area (Å²) in [7, 11) is 0. The highest BCUT2D eigenvalue weighted by atomic mass is 16.6. The van der Waals surface area contributed by atoms with Crippen molar-refractivity contribution in [2.75, 3.05) is 24.3 Å². The zero-order chi connectivity index (χ0) is 14.8. The summed E-state index contributed by atoms with van der Waals surface area (Å²) in [5.74, 6) is 2.35. The van der Waals surface area contributed by atoms with Crippen molar-refractivity contribution in [2.24, 2.45) is 0 Å². The predicted octanol–water partition coefficient (Wildman–Crippen LogP) is 2.70. The summed E-state index contributed by atoms with van der Waals surface area (Å²) in [4.78, 5) is 0. The van der Waals surface area contributed by atoms with Gasteiger partial charge in [0.15, 0.2) is 17.3 Å². The van der Waals surface area contributed by atoms with Gasteiger partial charge in [-0.2, -0.15) is 5.10 Å². The zero-order valence-corrected chi connectivity index (χ0v) is 12.3. The maximum absolute atomic E-state index is 6.12. The number of nitrogen functional groups attached to an aromatic ring is 1. The monoisotopic (exact) mass is 288 g/mol. The second kappa shape index (κ2) is 5.55. The number of fused-ring (bicyclic) bond motifs is 1. The van der Waals surface area contributed by atoms with Gasteiger partial charge in [-0.05, 0) is 25.5 Å². The fourth-order valence-corrected chi connectivity index (χ4v) is 2.36. The second-order valence-corrected chi connectivity index (χ2v) is 5.05. The molecule has 21 heavy (non-hydrogen) atoms. The van der Waals surface area contributed by atoms with E-state index in [1.165, 1.54) is 0 Å². The highest BCUT2D eigenvalue weighted by molar-refractivity contribution is 5.72. The molecule has 0 unspecified atom stereocenters. The summed E-state index contributed by atoms with van der Waals surface area (Å²) < 4.78 is 13.0. The third-order valence-corrected chi connectivity index (χ3v) is 3.41. The van der Waals surface area contributed by atoms with Crippen molar-refractivity contribution in [3.05, 3.63) is 23.9 Å². The van der Waals surface area contributed by atoms with Gasteiger partial charge in [-0.3, -0.25) is 0 Å². The van der Waals surface area contributed by atoms with Gasteiger partial charge in [0.05, 0.1) is 11.4 Å². The Kier molecular flexibility index (Phi) is 3.60. The first-order valence-electron chi connectivity index (χ1n) is 7.18. The molecule has 0 spiro atoms. The smallest absolute Gasteiger partial charge is 0.163 e. The molecule has 0 saturated heterocycles. The van der Waals surface area contributed by atoms with Crippen molar-refractivity contribution in [3.63, 3.8) is 0 Å². The van der Waals surface area contributed by atoms with E-state index in [1.54, 1.807) is 0 Å². The molecule has 1 aliphatic heterocycles. The highest BCUT2D eigenvalue weighted by Gasteiger charge is 2.15. The number of aromatic nitrogens is 2. The van der Waals surface area contributed by atoms with Crippen LogP contribution in [0.15, 0.2) is 18.2 Å². The molecule has 0 fully saturated rings. The molecular weight excluding hydrogens is 268 g/mol. The maximum atomic E-state index is 6.12. The van der Waals surface area contributed by atoms with Gasteiger partial charge in [-0.1, -0.05) is 6.92 Å². The largest absolute Gasteiger partial charge is 0.486 e. The Morgan fingerprint density at radius 1 is 1.29 bits per heavy atom. The molecule has 3 rings (SSSR count). The first-order chi connectivity index (χ1) is 10.2. The number of nitrogens with two attached hydrogens (primary N) is 1. The first kappa shape index (κ1) is 13.6. The minimum atomic E-state index is 0.575. The number of hydrogen-bond acceptors (Lipinski definition) is 5. The Morgan fingerprint density at radius 2 is 2.05 bits per heavy atom. The van der Waals surface area contributed by atoms with E-state index < -0.39 is 0 Å². The van der Waals surface area contributed by atoms with Crippen LogP contribution in [-0.4, -0.2) is 23.0 Å². The number of aryl methyl sites for hydroxylation is 2. The lowest BCUT2D eigenvalue weighted by molar-refractivity contribution is 0.171. The predicted molar refractivity (Wildman–Crippen MR) is 82.4 cm³/mol. The van der Waals surface area contributed by atoms with Crippen molar-refractivity contribution in [3.8, 4) is 11.5 Å². The molecule has 6 heteroatoms. The molecule has 2 aromatic rings. The van der Waals surface area contributed by atoms with Crippen LogP contribution in [0.5, 0.6) is 11.5 Å². The van der Waals surface area contributed by atoms with Crippen LogP contribution in [0.25, 0.3) is 0 Å². The van der Waals surface area contributed by atoms with Crippen molar-refractivity contribution < 1.29 is 9.47 Å². The fraction of sp³-hybridized carbons (Fsp3) is 0.400. The number of ether oxygens (including phenoxy) is 2. The Hall–Kier alpha value is -2.37. The SMILES string of the molecule is CCCn1nc(C)c(N)c1Nc1ccc2c(c1)OCCO2. The van der Waals surface area contributed by atoms with E-state index in [-0.39, 0.29) is 0 Å². The van der Waals surface area contributed by atoms with Gasteiger partial charge in [0, 0.05) is 18.3 Å². The summed E-state index contributed by atoms with van der Waals surface area (Å²) in [6.45, 7) is 6.02. The lowest BCUT2D eigenvalue weighted by Crippen LogP contribution is -2.15. The number of rotatable bonds is 4. The third kappa shape index (κ3) is 2.61. The van der Waals surface area contributed by atoms with Gasteiger partial charge in [0.1, 0.15) is 13.2 Å². The van der Waals surface area contributed by atoms with Gasteiger partial charge >= 0.3 is 0 Å². The molecule has 1 aliphatic rings. The molecule has 1 aromatic heterocycles. The van der Waals surface area contributed by atoms with Crippen LogP contribution in [-0.2, 0) is 6.54 Å². The van der Waals surface area contributed by atoms with Crippen molar-refractivity contribution in [1.82, 2.24) is 9.78 Å². The lowest BCUT2D eigenvalue weighted by Gasteiger charge is -2.19. The first-order valence-corrected chi connectivity index (χ1v) is 7.18. The van der Waals surface area contributed by atoms with Crippen molar-refractivity contribution in [1.29, 1.82) is 0 Å². The standard InChI is InChI=1S/C15H20N4O2/c1-3-6-19-15(14(16)10(2)18-19)17-11-4-5-12-13(9-11)21-8-7-20-12/h4-5,9,17H,3,6-8,16H2,1-2H3. The minimum Gasteiger partial charge on any atom is -0.486 e. The fourth-order valence-electron chi connectivity index (χ4n) is 2.36. The van der Waals surface area contributed by atoms with Gasteiger partial charge in [0.2, 0.25) is 0 Å². The molecule has 0 bridgehead atoms. The number of nitrogens with zero attached hydrogens (tertiary/aromatic N) is 2. The summed E-state index contributed by atoms with van der Waals surface area (Å²) in [5, 5.41) is 7.79. The van der Waals surface area contributed by atoms with Gasteiger partial charge in [0.25, 0.3) is 0 Å². The third-order valence-electron chi connectivity index (χ3n) is 3.41. The lowest BCUT2D eigenvalue weighted by atomic mass is 10.2. The van der Waals surface area contributed by atoms with E-state index in [9.17, 15) is 0 Å². The Bertz CT molecular complexity index is 651. The molecule has 0 aliphatic carbocycles. The van der Waals surface area contributed by atoms with Crippen LogP contribution in [0.2, 0.25) is 0 Å². The van der Waals surface area contributed by atoms with Crippen molar-refractivity contribution in [2.45, 2.75) is 26.8 Å². The number of benzene rings is 1. The molecule has 2 heterocycles. The topological polar surface area (TPSA) is 74.3 Å². The minimum absolute atomic E-state index is 0.575. The van der Waals surface area contributed by atoms with E-state index in [1.807, 2.05) is 29.8 Å². The van der Waals surface area contributed by atoms with E-state index in [2.05, 4.69) is 17.3 Å². The summed E-state index contributed by atoms with van der Waals surface area (Å²) in [5.41, 5.74) is 8.54. The molecule has 0 saturated carbocycles. The molecule has 6 nitrogen and oxygen atoms in total. The van der Waals surface area contributed by atoms with Crippen molar-refractivity contribution >= 4 is 17.2 Å². The molecule has 0 atom stereocenters. The van der Waals surface area contributed by atoms with E-state index in [0.29, 0.717) is 18.9 Å². The summed E-state index contributed by atoms with van der Waals surface area (Å²) in [6.07, 6.45) is 0.996. The summed E-state index contributed by atoms with van der Waals surface area (Å²) >= 11 is 0. The van der Waals surface area contributed by atoms with Crippen LogP contribution in [0.1, 0.15) is 19.0 Å². The maximum Gasteiger partial charge on any atom is 0.163 e. The van der Waals surface area contributed by atoms with Crippen LogP contribution >= 0.6 is 0 Å². The molecular formula is C15H20N4O2. The molecule has 1 aromatic carbocycles. The quantitative estimate of drug-likeness (QED) is 0.904. The highest BCUT2D eigenvalue weighted by Crippen LogP contribution is 2.34. The number of nitrogens with one attached hydrogen (secondary N) is 1. The Balaban J connectivity index is 1.89. The van der Waals surface area contributed by atoms with E-state index in [4.69, 9.17) is 15.2 Å². The number of anilines is 3. The number of hydrogen-bond donors (Lipinski definition) is 2. The normalized spacial score (nSPS) is 13.2. The average Bonchev–Trinajstić information content (AvgIpc) is 2.75. The van der Waals surface area contributed by atoms with Crippen LogP contribution in [0.4, 0.5) is 17.2 Å². The van der Waals surface area contributed by atoms with Crippen LogP contribution in [0, 0.1) is 6.92 Å². The zero-order valence-electron chi connectivity index (χ0n) is 12.3. The molecule has 0 amide bonds. The van der Waals surface area contributed by atoms with Gasteiger partial charge in [-0.25, -0.2) is 4.68 Å². The Labute approximate surface area is 123 Å². The molecule has 3 N–H and O–H groups in total. The average molecular weight is 288 g/mol. The van der Waals surface area contributed by atoms with Gasteiger partial charge < -0.3 is 20.5 Å². The second-order valence-electron chi connectivity index (χ2n) is 5.05. The summed E-state index contributed by atoms with van der Waals surface area (Å²) in [6, 6.07) is 5.78. The Morgan fingerprint density at radius 3 is 2.81 bits per heavy atom. The van der Waals surface area contributed by atoms with Gasteiger partial charge in [-0.15, -0.1) is 0 Å². The van der Waals surface area contributed by atoms with E-state index >= 15 is 0 Å². The van der Waals surface area contributed by atoms with Crippen LogP contribution < -0.4 is 20.5 Å². The molecule has 0 radical (unpaired) electrons. The van der Waals surface area contributed by atoms with Crippen LogP contribution in [0.3, 0.4) is 0 Å². The van der Waals surface area contributed by atoms with E-state index in [0.717, 1.165) is 41.7 Å². The molecule has 112 valence electrons.